The molecule has 0 aliphatic carbocycles. The van der Waals surface area contributed by atoms with Gasteiger partial charge in [0.1, 0.15) is 12.7 Å². The molecular weight excluding hydrogens is 407 g/mol. The first-order valence-corrected chi connectivity index (χ1v) is 8.84. The number of hydrogen-bond donors (Lipinski definition) is 4. The van der Waals surface area contributed by atoms with Crippen molar-refractivity contribution in [3.63, 3.8) is 0 Å². The highest BCUT2D eigenvalue weighted by atomic mass is 19.4. The van der Waals surface area contributed by atoms with Gasteiger partial charge in [0.2, 0.25) is 0 Å². The van der Waals surface area contributed by atoms with Crippen molar-refractivity contribution >= 4 is 12.1 Å². The lowest BCUT2D eigenvalue weighted by Crippen LogP contribution is -2.30. The van der Waals surface area contributed by atoms with E-state index in [1.165, 1.54) is 0 Å². The summed E-state index contributed by atoms with van der Waals surface area (Å²) in [5, 5.41) is 31.8. The maximum atomic E-state index is 12.8. The summed E-state index contributed by atoms with van der Waals surface area (Å²) >= 11 is 0. The van der Waals surface area contributed by atoms with Crippen LogP contribution in [0.3, 0.4) is 0 Å². The molecule has 0 heterocycles. The predicted octanol–water partition coefficient (Wildman–Crippen LogP) is 3.11. The Kier molecular flexibility index (Phi) is 7.79. The Labute approximate surface area is 169 Å². The summed E-state index contributed by atoms with van der Waals surface area (Å²) in [6.45, 7) is -0.0831. The fourth-order valence-electron chi connectivity index (χ4n) is 2.64. The standard InChI is InChI=1S/C20H20F3NO6/c21-20(22,23)13-6-7-14(15(10-13)18(27)28)17(26)16(25)8-9-24-19(29)30-11-12-4-2-1-3-5-12/h1-7,10,16-17,25-26H,8-9,11H2,(H,24,29)(H,27,28). The minimum atomic E-state index is -4.75. The number of amides is 1. The van der Waals surface area contributed by atoms with E-state index < -0.39 is 41.6 Å². The highest BCUT2D eigenvalue weighted by Crippen LogP contribution is 2.32. The number of alkyl carbamates (subject to hydrolysis) is 1. The molecule has 0 saturated carbocycles. The van der Waals surface area contributed by atoms with Gasteiger partial charge < -0.3 is 25.4 Å². The summed E-state index contributed by atoms with van der Waals surface area (Å²) in [6, 6.07) is 10.7. The maximum absolute atomic E-state index is 12.8. The zero-order valence-corrected chi connectivity index (χ0v) is 15.6. The molecule has 1 amide bonds. The number of aliphatic hydroxyl groups excluding tert-OH is 2. The Morgan fingerprint density at radius 3 is 2.33 bits per heavy atom. The van der Waals surface area contributed by atoms with Crippen LogP contribution in [-0.2, 0) is 17.5 Å². The summed E-state index contributed by atoms with van der Waals surface area (Å²) in [7, 11) is 0. The first kappa shape index (κ1) is 23.2. The molecule has 0 aromatic heterocycles. The van der Waals surface area contributed by atoms with Crippen molar-refractivity contribution in [2.75, 3.05) is 6.54 Å². The average molecular weight is 427 g/mol. The Morgan fingerprint density at radius 1 is 1.07 bits per heavy atom. The first-order valence-electron chi connectivity index (χ1n) is 8.84. The maximum Gasteiger partial charge on any atom is 0.416 e. The van der Waals surface area contributed by atoms with Crippen molar-refractivity contribution in [3.05, 3.63) is 70.8 Å². The minimum absolute atomic E-state index is 0.0331. The minimum Gasteiger partial charge on any atom is -0.478 e. The molecule has 2 aromatic rings. The van der Waals surface area contributed by atoms with Crippen LogP contribution in [0.25, 0.3) is 0 Å². The van der Waals surface area contributed by atoms with Crippen LogP contribution in [0.15, 0.2) is 48.5 Å². The van der Waals surface area contributed by atoms with Crippen molar-refractivity contribution in [3.8, 4) is 0 Å². The monoisotopic (exact) mass is 427 g/mol. The zero-order chi connectivity index (χ0) is 22.3. The molecule has 162 valence electrons. The van der Waals surface area contributed by atoms with Crippen LogP contribution in [0.1, 0.15) is 39.6 Å². The summed E-state index contributed by atoms with van der Waals surface area (Å²) < 4.78 is 43.3. The zero-order valence-electron chi connectivity index (χ0n) is 15.6. The number of alkyl halides is 3. The van der Waals surface area contributed by atoms with E-state index >= 15 is 0 Å². The summed E-state index contributed by atoms with van der Waals surface area (Å²) in [4.78, 5) is 22.9. The third-order valence-corrected chi connectivity index (χ3v) is 4.22. The molecule has 0 fully saturated rings. The van der Waals surface area contributed by atoms with Gasteiger partial charge in [0.25, 0.3) is 0 Å². The molecule has 2 rings (SSSR count). The second-order valence-electron chi connectivity index (χ2n) is 6.39. The molecule has 30 heavy (non-hydrogen) atoms. The van der Waals surface area contributed by atoms with Crippen molar-refractivity contribution in [1.82, 2.24) is 5.32 Å². The molecule has 0 radical (unpaired) electrons. The molecule has 4 N–H and O–H groups in total. The van der Waals surface area contributed by atoms with Gasteiger partial charge >= 0.3 is 18.2 Å². The van der Waals surface area contributed by atoms with Crippen LogP contribution >= 0.6 is 0 Å². The smallest absolute Gasteiger partial charge is 0.416 e. The third kappa shape index (κ3) is 6.46. The van der Waals surface area contributed by atoms with Gasteiger partial charge in [0, 0.05) is 6.54 Å². The van der Waals surface area contributed by atoms with Crippen LogP contribution in [0, 0.1) is 0 Å². The van der Waals surface area contributed by atoms with Gasteiger partial charge in [0.05, 0.1) is 17.2 Å². The van der Waals surface area contributed by atoms with E-state index in [1.807, 2.05) is 6.07 Å². The number of carbonyl (C=O) groups is 2. The van der Waals surface area contributed by atoms with E-state index in [0.717, 1.165) is 11.6 Å². The average Bonchev–Trinajstić information content (AvgIpc) is 2.71. The lowest BCUT2D eigenvalue weighted by Gasteiger charge is -2.21. The number of aromatic carboxylic acids is 1. The van der Waals surface area contributed by atoms with Crippen molar-refractivity contribution in [2.45, 2.75) is 31.4 Å². The molecule has 0 aliphatic rings. The number of carboxylic acid groups (broad SMARTS) is 1. The van der Waals surface area contributed by atoms with E-state index in [9.17, 15) is 33.0 Å². The van der Waals surface area contributed by atoms with E-state index in [2.05, 4.69) is 5.32 Å². The summed E-state index contributed by atoms with van der Waals surface area (Å²) in [5.74, 6) is -1.68. The second-order valence-corrected chi connectivity index (χ2v) is 6.39. The van der Waals surface area contributed by atoms with E-state index in [-0.39, 0.29) is 25.1 Å². The second kappa shape index (κ2) is 10.1. The molecule has 2 unspecified atom stereocenters. The normalized spacial score (nSPS) is 13.4. The molecule has 2 aromatic carbocycles. The van der Waals surface area contributed by atoms with E-state index in [1.54, 1.807) is 24.3 Å². The fraction of sp³-hybridized carbons (Fsp3) is 0.300. The third-order valence-electron chi connectivity index (χ3n) is 4.22. The number of nitrogens with one attached hydrogen (secondary N) is 1. The summed E-state index contributed by atoms with van der Waals surface area (Å²) in [6.07, 6.45) is -9.01. The van der Waals surface area contributed by atoms with Crippen LogP contribution in [0.2, 0.25) is 0 Å². The number of hydrogen-bond acceptors (Lipinski definition) is 5. The Balaban J connectivity index is 1.91. The van der Waals surface area contributed by atoms with Gasteiger partial charge in [-0.3, -0.25) is 0 Å². The van der Waals surface area contributed by atoms with Gasteiger partial charge in [0.15, 0.2) is 0 Å². The number of carbonyl (C=O) groups excluding carboxylic acids is 1. The molecule has 0 aliphatic heterocycles. The first-order chi connectivity index (χ1) is 14.1. The van der Waals surface area contributed by atoms with E-state index in [4.69, 9.17) is 9.84 Å². The van der Waals surface area contributed by atoms with Gasteiger partial charge in [-0.25, -0.2) is 9.59 Å². The highest BCUT2D eigenvalue weighted by molar-refractivity contribution is 5.89. The number of rotatable bonds is 8. The molecule has 0 bridgehead atoms. The Morgan fingerprint density at radius 2 is 1.73 bits per heavy atom. The lowest BCUT2D eigenvalue weighted by atomic mass is 9.95. The van der Waals surface area contributed by atoms with Gasteiger partial charge in [-0.1, -0.05) is 36.4 Å². The van der Waals surface area contributed by atoms with Crippen molar-refractivity contribution in [1.29, 1.82) is 0 Å². The number of halogens is 3. The van der Waals surface area contributed by atoms with Crippen molar-refractivity contribution in [2.24, 2.45) is 0 Å². The van der Waals surface area contributed by atoms with Crippen LogP contribution in [0.5, 0.6) is 0 Å². The highest BCUT2D eigenvalue weighted by Gasteiger charge is 2.33. The molecule has 7 nitrogen and oxygen atoms in total. The van der Waals surface area contributed by atoms with E-state index in [0.29, 0.717) is 12.1 Å². The van der Waals surface area contributed by atoms with Crippen LogP contribution < -0.4 is 5.32 Å². The Bertz CT molecular complexity index is 873. The van der Waals surface area contributed by atoms with Gasteiger partial charge in [-0.2, -0.15) is 13.2 Å². The topological polar surface area (TPSA) is 116 Å². The molecule has 10 heteroatoms. The summed E-state index contributed by atoms with van der Waals surface area (Å²) in [5.41, 5.74) is -1.55. The van der Waals surface area contributed by atoms with Crippen molar-refractivity contribution < 1.29 is 42.8 Å². The van der Waals surface area contributed by atoms with Crippen LogP contribution in [0.4, 0.5) is 18.0 Å². The Hall–Kier alpha value is -3.11. The molecular formula is C20H20F3NO6. The van der Waals surface area contributed by atoms with Gasteiger partial charge in [-0.15, -0.1) is 0 Å². The molecule has 0 saturated heterocycles. The fourth-order valence-corrected chi connectivity index (χ4v) is 2.64. The molecule has 0 spiro atoms. The largest absolute Gasteiger partial charge is 0.478 e. The quantitative estimate of drug-likeness (QED) is 0.515. The molecule has 2 atom stereocenters. The number of ether oxygens (including phenoxy) is 1. The van der Waals surface area contributed by atoms with Crippen LogP contribution in [-0.4, -0.2) is 40.0 Å². The number of carboxylic acids is 1. The predicted molar refractivity (Wildman–Crippen MR) is 98.6 cm³/mol. The lowest BCUT2D eigenvalue weighted by molar-refractivity contribution is -0.137. The van der Waals surface area contributed by atoms with Gasteiger partial charge in [-0.05, 0) is 29.7 Å². The number of benzene rings is 2. The SMILES string of the molecule is O=C(NCCC(O)C(O)c1ccc(C(F)(F)F)cc1C(=O)O)OCc1ccccc1. The number of aliphatic hydroxyl groups is 2.